The summed E-state index contributed by atoms with van der Waals surface area (Å²) in [5, 5.41) is 2.38. The average Bonchev–Trinajstić information content (AvgIpc) is 2.40. The summed E-state index contributed by atoms with van der Waals surface area (Å²) in [5.41, 5.74) is 0. The van der Waals surface area contributed by atoms with Gasteiger partial charge in [0.25, 0.3) is 0 Å². The van der Waals surface area contributed by atoms with Crippen molar-refractivity contribution in [1.82, 2.24) is 4.98 Å². The fourth-order valence-electron chi connectivity index (χ4n) is 2.22. The van der Waals surface area contributed by atoms with E-state index < -0.39 is 0 Å². The predicted octanol–water partition coefficient (Wildman–Crippen LogP) is 4.84. The average molecular weight is 342 g/mol. The lowest BCUT2D eigenvalue weighted by Crippen LogP contribution is -2.32. The van der Waals surface area contributed by atoms with Crippen LogP contribution in [0.4, 0.5) is 5.82 Å². The molecule has 2 rings (SSSR count). The van der Waals surface area contributed by atoms with Crippen LogP contribution in [0.5, 0.6) is 0 Å². The van der Waals surface area contributed by atoms with Crippen molar-refractivity contribution in [2.45, 2.75) is 26.3 Å². The van der Waals surface area contributed by atoms with Crippen LogP contribution in [-0.4, -0.2) is 23.5 Å². The summed E-state index contributed by atoms with van der Waals surface area (Å²) in [6, 6.07) is 8.68. The molecule has 2 aromatic rings. The molecule has 0 aliphatic heterocycles. The Kier molecular flexibility index (Phi) is 5.06. The number of pyridine rings is 1. The van der Waals surface area contributed by atoms with E-state index in [4.69, 9.17) is 11.6 Å². The second-order valence-corrected chi connectivity index (χ2v) is 6.03. The summed E-state index contributed by atoms with van der Waals surface area (Å²) in [4.78, 5) is 6.90. The van der Waals surface area contributed by atoms with E-state index in [9.17, 15) is 0 Å². The monoisotopic (exact) mass is 340 g/mol. The van der Waals surface area contributed by atoms with E-state index in [0.717, 1.165) is 23.3 Å². The summed E-state index contributed by atoms with van der Waals surface area (Å²) in [7, 11) is 0. The second-order valence-electron chi connectivity index (χ2n) is 4.80. The van der Waals surface area contributed by atoms with Crippen LogP contribution in [0.15, 0.2) is 34.9 Å². The number of fused-ring (bicyclic) bond motifs is 1. The van der Waals surface area contributed by atoms with Crippen LogP contribution in [0.1, 0.15) is 20.3 Å². The van der Waals surface area contributed by atoms with Gasteiger partial charge in [-0.1, -0.05) is 28.1 Å². The van der Waals surface area contributed by atoms with Gasteiger partial charge in [-0.15, -0.1) is 11.6 Å². The number of benzene rings is 1. The van der Waals surface area contributed by atoms with E-state index in [1.165, 1.54) is 10.8 Å². The van der Waals surface area contributed by atoms with E-state index in [0.29, 0.717) is 11.9 Å². The molecule has 0 aliphatic rings. The fraction of sp³-hybridized carbons (Fsp3) is 0.400. The first-order valence-corrected chi connectivity index (χ1v) is 7.83. The van der Waals surface area contributed by atoms with E-state index in [-0.39, 0.29) is 0 Å². The molecule has 4 heteroatoms. The zero-order chi connectivity index (χ0) is 13.8. The van der Waals surface area contributed by atoms with Gasteiger partial charge in [0.1, 0.15) is 5.82 Å². The molecule has 1 aromatic heterocycles. The molecule has 1 aromatic carbocycles. The molecule has 0 spiro atoms. The number of halogens is 2. The number of rotatable bonds is 5. The van der Waals surface area contributed by atoms with Gasteiger partial charge in [-0.2, -0.15) is 0 Å². The molecule has 0 saturated carbocycles. The molecule has 0 radical (unpaired) electrons. The van der Waals surface area contributed by atoms with Gasteiger partial charge in [-0.05, 0) is 32.4 Å². The van der Waals surface area contributed by atoms with Gasteiger partial charge in [-0.25, -0.2) is 4.98 Å². The number of anilines is 1. The molecule has 0 amide bonds. The zero-order valence-electron chi connectivity index (χ0n) is 11.2. The largest absolute Gasteiger partial charge is 0.354 e. The first-order chi connectivity index (χ1) is 9.15. The maximum Gasteiger partial charge on any atom is 0.136 e. The highest BCUT2D eigenvalue weighted by Gasteiger charge is 2.15. The topological polar surface area (TPSA) is 16.1 Å². The van der Waals surface area contributed by atoms with E-state index >= 15 is 0 Å². The Hall–Kier alpha value is -0.800. The van der Waals surface area contributed by atoms with Gasteiger partial charge in [0.15, 0.2) is 0 Å². The minimum Gasteiger partial charge on any atom is -0.354 e. The van der Waals surface area contributed by atoms with Crippen LogP contribution in [0.25, 0.3) is 10.8 Å². The van der Waals surface area contributed by atoms with Gasteiger partial charge in [0.2, 0.25) is 0 Å². The normalized spacial score (nSPS) is 11.2. The zero-order valence-corrected chi connectivity index (χ0v) is 13.6. The molecule has 0 saturated heterocycles. The number of nitrogens with zero attached hydrogens (tertiary/aromatic N) is 2. The third-order valence-electron chi connectivity index (χ3n) is 3.16. The summed E-state index contributed by atoms with van der Waals surface area (Å²) < 4.78 is 1.11. The van der Waals surface area contributed by atoms with Crippen molar-refractivity contribution in [3.63, 3.8) is 0 Å². The van der Waals surface area contributed by atoms with E-state index in [1.54, 1.807) is 0 Å². The first-order valence-electron chi connectivity index (χ1n) is 6.51. The number of hydrogen-bond donors (Lipinski definition) is 0. The summed E-state index contributed by atoms with van der Waals surface area (Å²) in [5.74, 6) is 1.72. The Morgan fingerprint density at radius 2 is 2.05 bits per heavy atom. The minimum atomic E-state index is 0.403. The van der Waals surface area contributed by atoms with Crippen molar-refractivity contribution >= 4 is 44.1 Å². The Morgan fingerprint density at radius 1 is 1.26 bits per heavy atom. The van der Waals surface area contributed by atoms with Crippen molar-refractivity contribution in [2.24, 2.45) is 0 Å². The lowest BCUT2D eigenvalue weighted by molar-refractivity contribution is 0.666. The molecule has 102 valence electrons. The van der Waals surface area contributed by atoms with Crippen LogP contribution in [0.3, 0.4) is 0 Å². The Labute approximate surface area is 127 Å². The predicted molar refractivity (Wildman–Crippen MR) is 87.3 cm³/mol. The summed E-state index contributed by atoms with van der Waals surface area (Å²) in [6.07, 6.45) is 2.84. The highest BCUT2D eigenvalue weighted by molar-refractivity contribution is 9.10. The maximum absolute atomic E-state index is 5.83. The molecule has 0 unspecified atom stereocenters. The molecular weight excluding hydrogens is 324 g/mol. The van der Waals surface area contributed by atoms with Crippen LogP contribution >= 0.6 is 27.5 Å². The van der Waals surface area contributed by atoms with Crippen molar-refractivity contribution in [3.05, 3.63) is 34.9 Å². The van der Waals surface area contributed by atoms with Crippen molar-refractivity contribution in [2.75, 3.05) is 17.3 Å². The maximum atomic E-state index is 5.83. The Morgan fingerprint density at radius 3 is 2.74 bits per heavy atom. The molecule has 0 atom stereocenters. The Balaban J connectivity index is 2.50. The number of hydrogen-bond acceptors (Lipinski definition) is 2. The molecule has 1 heterocycles. The van der Waals surface area contributed by atoms with Crippen LogP contribution < -0.4 is 4.90 Å². The van der Waals surface area contributed by atoms with Gasteiger partial charge in [-0.3, -0.25) is 0 Å². The molecule has 0 aliphatic carbocycles. The van der Waals surface area contributed by atoms with Gasteiger partial charge >= 0.3 is 0 Å². The second kappa shape index (κ2) is 6.58. The van der Waals surface area contributed by atoms with E-state index in [2.05, 4.69) is 57.9 Å². The first kappa shape index (κ1) is 14.6. The lowest BCUT2D eigenvalue weighted by atomic mass is 10.1. The van der Waals surface area contributed by atoms with Crippen molar-refractivity contribution in [1.29, 1.82) is 0 Å². The van der Waals surface area contributed by atoms with Crippen molar-refractivity contribution in [3.8, 4) is 0 Å². The summed E-state index contributed by atoms with van der Waals surface area (Å²) >= 11 is 9.43. The third kappa shape index (κ3) is 3.21. The fourth-order valence-corrected chi connectivity index (χ4v) is 2.84. The molecular formula is C15H18BrClN2. The molecule has 0 N–H and O–H groups in total. The molecule has 0 fully saturated rings. The molecule has 19 heavy (non-hydrogen) atoms. The van der Waals surface area contributed by atoms with Crippen LogP contribution in [0, 0.1) is 0 Å². The highest BCUT2D eigenvalue weighted by Crippen LogP contribution is 2.30. The van der Waals surface area contributed by atoms with E-state index in [1.807, 2.05) is 12.3 Å². The van der Waals surface area contributed by atoms with Crippen LogP contribution in [-0.2, 0) is 0 Å². The van der Waals surface area contributed by atoms with Crippen molar-refractivity contribution < 1.29 is 0 Å². The third-order valence-corrected chi connectivity index (χ3v) is 4.12. The van der Waals surface area contributed by atoms with Gasteiger partial charge in [0.05, 0.1) is 0 Å². The van der Waals surface area contributed by atoms with Gasteiger partial charge in [0, 0.05) is 39.9 Å². The number of alkyl halides is 1. The Bertz CT molecular complexity index is 557. The molecule has 0 bridgehead atoms. The SMILES string of the molecule is CC(C)N(CCCCl)c1nccc2c(Br)cccc12. The quantitative estimate of drug-likeness (QED) is 0.723. The minimum absolute atomic E-state index is 0.403. The lowest BCUT2D eigenvalue weighted by Gasteiger charge is -2.28. The highest BCUT2D eigenvalue weighted by atomic mass is 79.9. The molecule has 2 nitrogen and oxygen atoms in total. The number of aromatic nitrogens is 1. The van der Waals surface area contributed by atoms with Gasteiger partial charge < -0.3 is 4.90 Å². The van der Waals surface area contributed by atoms with Crippen LogP contribution in [0.2, 0.25) is 0 Å². The standard InChI is InChI=1S/C15H18BrClN2/c1-11(2)19(10-4-8-17)15-13-5-3-6-14(16)12(13)7-9-18-15/h3,5-7,9,11H,4,8,10H2,1-2H3. The summed E-state index contributed by atoms with van der Waals surface area (Å²) in [6.45, 7) is 5.30. The smallest absolute Gasteiger partial charge is 0.136 e.